The molecular formula is C24H34N4O4Si. The Morgan fingerprint density at radius 1 is 1.36 bits per heavy atom. The maximum Gasteiger partial charge on any atom is 0.255 e. The zero-order chi connectivity index (χ0) is 23.8. The average Bonchev–Trinajstić information content (AvgIpc) is 3.21. The fourth-order valence-corrected chi connectivity index (χ4v) is 4.37. The summed E-state index contributed by atoms with van der Waals surface area (Å²) in [5.74, 6) is 0.357. The van der Waals surface area contributed by atoms with E-state index in [4.69, 9.17) is 9.47 Å². The number of hydrogen-bond acceptors (Lipinski definition) is 6. The van der Waals surface area contributed by atoms with Gasteiger partial charge in [0.25, 0.3) is 5.91 Å². The van der Waals surface area contributed by atoms with Crippen molar-refractivity contribution >= 4 is 14.0 Å². The number of hydrogen-bond donors (Lipinski definition) is 2. The highest BCUT2D eigenvalue weighted by Crippen LogP contribution is 2.27. The van der Waals surface area contributed by atoms with Gasteiger partial charge in [-0.05, 0) is 37.4 Å². The molecule has 2 atom stereocenters. The number of nitriles is 1. The molecule has 0 spiro atoms. The van der Waals surface area contributed by atoms with Crippen LogP contribution in [0.3, 0.4) is 0 Å². The highest BCUT2D eigenvalue weighted by Gasteiger charge is 2.25. The van der Waals surface area contributed by atoms with Crippen LogP contribution in [-0.2, 0) is 11.5 Å². The van der Waals surface area contributed by atoms with Crippen LogP contribution in [0.4, 0.5) is 0 Å². The van der Waals surface area contributed by atoms with Crippen LogP contribution in [0.5, 0.6) is 5.75 Å². The summed E-state index contributed by atoms with van der Waals surface area (Å²) in [7, 11) is -1.20. The van der Waals surface area contributed by atoms with E-state index < -0.39 is 20.2 Å². The number of aliphatic hydroxyl groups is 1. The molecule has 0 fully saturated rings. The summed E-state index contributed by atoms with van der Waals surface area (Å²) in [6.07, 6.45) is 3.39. The van der Waals surface area contributed by atoms with E-state index >= 15 is 0 Å². The maximum absolute atomic E-state index is 13.2. The minimum absolute atomic E-state index is 0.241. The standard InChI is InChI=1S/C24H34N4O4Si/c1-33(2,3)13-12-31-17-28-16-20-23(27-28)18-8-7-9-19(14-18)32-11-6-4-5-10-21(22(29)15-25)26-24(20)30/h7-9,14,16,21-22,29H,4-6,10-13,17H2,1-3H3,(H,26,30)/t21-,22?/m0/s1. The number of fused-ring (bicyclic) bond motifs is 4. The molecule has 0 saturated carbocycles. The molecule has 1 aliphatic heterocycles. The normalized spacial score (nSPS) is 18.3. The number of carbonyl (C=O) groups is 1. The molecule has 0 saturated heterocycles. The van der Waals surface area contributed by atoms with Gasteiger partial charge in [0, 0.05) is 26.4 Å². The molecule has 33 heavy (non-hydrogen) atoms. The molecule has 2 heterocycles. The minimum Gasteiger partial charge on any atom is -0.494 e. The first kappa shape index (κ1) is 25.0. The summed E-state index contributed by atoms with van der Waals surface area (Å²) < 4.78 is 13.3. The van der Waals surface area contributed by atoms with Crippen molar-refractivity contribution in [2.24, 2.45) is 0 Å². The van der Waals surface area contributed by atoms with Crippen LogP contribution in [0.2, 0.25) is 25.7 Å². The number of amides is 1. The van der Waals surface area contributed by atoms with Gasteiger partial charge in [0.1, 0.15) is 18.2 Å². The van der Waals surface area contributed by atoms with Crippen LogP contribution >= 0.6 is 0 Å². The molecule has 2 bridgehead atoms. The molecule has 1 unspecified atom stereocenters. The first-order valence-corrected chi connectivity index (χ1v) is 15.2. The van der Waals surface area contributed by atoms with E-state index in [1.54, 1.807) is 10.9 Å². The number of aliphatic hydroxyl groups excluding tert-OH is 1. The monoisotopic (exact) mass is 470 g/mol. The van der Waals surface area contributed by atoms with Crippen molar-refractivity contribution in [2.45, 2.75) is 70.2 Å². The predicted octanol–water partition coefficient (Wildman–Crippen LogP) is 3.80. The molecule has 0 aliphatic carbocycles. The molecular weight excluding hydrogens is 436 g/mol. The lowest BCUT2D eigenvalue weighted by Crippen LogP contribution is -2.42. The van der Waals surface area contributed by atoms with Crippen molar-refractivity contribution in [3.05, 3.63) is 36.0 Å². The van der Waals surface area contributed by atoms with Crippen molar-refractivity contribution in [1.82, 2.24) is 15.1 Å². The molecule has 9 heteroatoms. The zero-order valence-corrected chi connectivity index (χ0v) is 20.7. The van der Waals surface area contributed by atoms with Gasteiger partial charge in [-0.3, -0.25) is 4.79 Å². The summed E-state index contributed by atoms with van der Waals surface area (Å²) in [5.41, 5.74) is 1.63. The Kier molecular flexibility index (Phi) is 8.66. The Bertz CT molecular complexity index is 980. The largest absolute Gasteiger partial charge is 0.494 e. The summed E-state index contributed by atoms with van der Waals surface area (Å²) in [6, 6.07) is 9.78. The Morgan fingerprint density at radius 3 is 2.94 bits per heavy atom. The molecule has 1 aromatic carbocycles. The zero-order valence-electron chi connectivity index (χ0n) is 19.7. The third kappa shape index (κ3) is 7.42. The quantitative estimate of drug-likeness (QED) is 0.378. The van der Waals surface area contributed by atoms with Crippen LogP contribution in [-0.4, -0.2) is 54.2 Å². The maximum atomic E-state index is 13.2. The summed E-state index contributed by atoms with van der Waals surface area (Å²) in [5, 5.41) is 26.8. The van der Waals surface area contributed by atoms with Gasteiger partial charge in [-0.15, -0.1) is 0 Å². The lowest BCUT2D eigenvalue weighted by atomic mass is 10.0. The Labute approximate surface area is 196 Å². The minimum atomic E-state index is -1.27. The summed E-state index contributed by atoms with van der Waals surface area (Å²) in [6.45, 7) is 8.35. The lowest BCUT2D eigenvalue weighted by Gasteiger charge is -2.20. The third-order valence-electron chi connectivity index (χ3n) is 5.59. The van der Waals surface area contributed by atoms with E-state index in [0.29, 0.717) is 30.9 Å². The fraction of sp³-hybridized carbons (Fsp3) is 0.542. The van der Waals surface area contributed by atoms with E-state index in [0.717, 1.165) is 36.6 Å². The third-order valence-corrected chi connectivity index (χ3v) is 7.30. The second kappa shape index (κ2) is 11.5. The van der Waals surface area contributed by atoms with Gasteiger partial charge in [-0.25, -0.2) is 4.68 Å². The second-order valence-electron chi connectivity index (χ2n) is 9.66. The molecule has 1 amide bonds. The van der Waals surface area contributed by atoms with Crippen molar-refractivity contribution in [1.29, 1.82) is 5.26 Å². The van der Waals surface area contributed by atoms with Crippen LogP contribution in [0, 0.1) is 11.3 Å². The molecule has 2 N–H and O–H groups in total. The van der Waals surface area contributed by atoms with E-state index in [1.165, 1.54) is 0 Å². The number of rotatable bonds is 6. The first-order valence-electron chi connectivity index (χ1n) is 11.5. The SMILES string of the molecule is C[Si](C)(C)CCOCn1cc2c(n1)-c1cccc(c1)OCCCCC[C@@H](C(O)C#N)NC2=O. The van der Waals surface area contributed by atoms with Gasteiger partial charge in [0.2, 0.25) is 0 Å². The highest BCUT2D eigenvalue weighted by atomic mass is 28.3. The Balaban J connectivity index is 1.89. The molecule has 178 valence electrons. The van der Waals surface area contributed by atoms with E-state index in [1.807, 2.05) is 30.3 Å². The van der Waals surface area contributed by atoms with Gasteiger partial charge < -0.3 is 19.9 Å². The van der Waals surface area contributed by atoms with Gasteiger partial charge in [0.05, 0.1) is 24.3 Å². The molecule has 0 radical (unpaired) electrons. The highest BCUT2D eigenvalue weighted by molar-refractivity contribution is 6.76. The first-order chi connectivity index (χ1) is 15.8. The lowest BCUT2D eigenvalue weighted by molar-refractivity contribution is 0.0784. The van der Waals surface area contributed by atoms with Gasteiger partial charge in [-0.1, -0.05) is 38.2 Å². The summed E-state index contributed by atoms with van der Waals surface area (Å²) >= 11 is 0. The smallest absolute Gasteiger partial charge is 0.255 e. The van der Waals surface area contributed by atoms with Gasteiger partial charge >= 0.3 is 0 Å². The van der Waals surface area contributed by atoms with Crippen molar-refractivity contribution in [3.63, 3.8) is 0 Å². The molecule has 2 aromatic rings. The Hall–Kier alpha value is -2.67. The van der Waals surface area contributed by atoms with E-state index in [9.17, 15) is 15.2 Å². The van der Waals surface area contributed by atoms with Gasteiger partial charge in [0.15, 0.2) is 6.10 Å². The van der Waals surface area contributed by atoms with E-state index in [2.05, 4.69) is 30.1 Å². The van der Waals surface area contributed by atoms with Crippen LogP contribution in [0.1, 0.15) is 36.0 Å². The average molecular weight is 471 g/mol. The number of benzene rings is 1. The predicted molar refractivity (Wildman–Crippen MR) is 129 cm³/mol. The second-order valence-corrected chi connectivity index (χ2v) is 15.3. The van der Waals surface area contributed by atoms with Gasteiger partial charge in [-0.2, -0.15) is 10.4 Å². The summed E-state index contributed by atoms with van der Waals surface area (Å²) in [4.78, 5) is 13.2. The van der Waals surface area contributed by atoms with Crippen LogP contribution in [0.15, 0.2) is 30.5 Å². The topological polar surface area (TPSA) is 109 Å². The number of carbonyl (C=O) groups excluding carboxylic acids is 1. The molecule has 8 nitrogen and oxygen atoms in total. The number of ether oxygens (including phenoxy) is 2. The molecule has 1 aromatic heterocycles. The number of nitrogens with one attached hydrogen (secondary N) is 1. The van der Waals surface area contributed by atoms with Crippen LogP contribution in [0.25, 0.3) is 11.3 Å². The number of aromatic nitrogens is 2. The Morgan fingerprint density at radius 2 is 2.18 bits per heavy atom. The van der Waals surface area contributed by atoms with Crippen LogP contribution < -0.4 is 10.1 Å². The van der Waals surface area contributed by atoms with Crippen molar-refractivity contribution in [2.75, 3.05) is 13.2 Å². The number of nitrogens with zero attached hydrogens (tertiary/aromatic N) is 3. The fourth-order valence-electron chi connectivity index (χ4n) is 3.61. The van der Waals surface area contributed by atoms with E-state index in [-0.39, 0.29) is 12.6 Å². The van der Waals surface area contributed by atoms with Crippen molar-refractivity contribution < 1.29 is 19.4 Å². The van der Waals surface area contributed by atoms with Crippen molar-refractivity contribution in [3.8, 4) is 23.1 Å². The molecule has 3 rings (SSSR count). The molecule has 1 aliphatic rings.